The molecule has 0 spiro atoms. The molecule has 5 nitrogen and oxygen atoms in total. The van der Waals surface area contributed by atoms with Crippen LogP contribution in [0.3, 0.4) is 0 Å². The van der Waals surface area contributed by atoms with Gasteiger partial charge in [-0.3, -0.25) is 0 Å². The van der Waals surface area contributed by atoms with Crippen LogP contribution in [-0.4, -0.2) is 22.8 Å². The predicted molar refractivity (Wildman–Crippen MR) is 69.1 cm³/mol. The predicted octanol–water partition coefficient (Wildman–Crippen LogP) is 2.04. The van der Waals surface area contributed by atoms with Crippen LogP contribution in [0.25, 0.3) is 11.3 Å². The van der Waals surface area contributed by atoms with Crippen LogP contribution in [0.5, 0.6) is 11.5 Å². The van der Waals surface area contributed by atoms with Gasteiger partial charge in [-0.1, -0.05) is 0 Å². The Balaban J connectivity index is 2.15. The van der Waals surface area contributed by atoms with Crippen molar-refractivity contribution in [3.63, 3.8) is 0 Å². The zero-order valence-corrected chi connectivity index (χ0v) is 10.8. The molecule has 0 atom stereocenters. The van der Waals surface area contributed by atoms with Gasteiger partial charge in [0, 0.05) is 12.6 Å². The van der Waals surface area contributed by atoms with Gasteiger partial charge in [-0.15, -0.1) is 0 Å². The molecule has 2 heterocycles. The molecule has 0 aliphatic carbocycles. The van der Waals surface area contributed by atoms with E-state index < -0.39 is 0 Å². The average Bonchev–Trinajstić information content (AvgIpc) is 2.74. The highest BCUT2D eigenvalue weighted by atomic mass is 16.6. The summed E-state index contributed by atoms with van der Waals surface area (Å²) in [6, 6.07) is 7.82. The second-order valence-corrected chi connectivity index (χ2v) is 4.39. The fourth-order valence-electron chi connectivity index (χ4n) is 2.21. The van der Waals surface area contributed by atoms with E-state index in [1.807, 2.05) is 36.7 Å². The number of nitriles is 1. The lowest BCUT2D eigenvalue weighted by atomic mass is 10.1. The molecule has 1 aliphatic heterocycles. The summed E-state index contributed by atoms with van der Waals surface area (Å²) in [5.41, 5.74) is 2.14. The quantitative estimate of drug-likeness (QED) is 0.782. The van der Waals surface area contributed by atoms with E-state index in [4.69, 9.17) is 9.47 Å². The number of nitrogens with zero attached hydrogens (tertiary/aromatic N) is 3. The maximum absolute atomic E-state index is 9.17. The van der Waals surface area contributed by atoms with Gasteiger partial charge in [0.25, 0.3) is 0 Å². The second kappa shape index (κ2) is 4.32. The van der Waals surface area contributed by atoms with Crippen molar-refractivity contribution in [3.05, 3.63) is 29.7 Å². The molecular weight excluding hydrogens is 242 g/mol. The monoisotopic (exact) mass is 255 g/mol. The molecule has 0 radical (unpaired) electrons. The zero-order valence-electron chi connectivity index (χ0n) is 10.8. The molecule has 0 saturated heterocycles. The highest BCUT2D eigenvalue weighted by molar-refractivity contribution is 5.69. The molecule has 1 aromatic carbocycles. The van der Waals surface area contributed by atoms with Gasteiger partial charge in [0.05, 0.1) is 5.69 Å². The van der Waals surface area contributed by atoms with Crippen LogP contribution in [-0.2, 0) is 7.05 Å². The molecule has 2 aromatic rings. The van der Waals surface area contributed by atoms with Gasteiger partial charge in [-0.2, -0.15) is 5.26 Å². The minimum Gasteiger partial charge on any atom is -0.486 e. The van der Waals surface area contributed by atoms with Crippen molar-refractivity contribution in [2.75, 3.05) is 13.2 Å². The first-order valence-electron chi connectivity index (χ1n) is 6.04. The molecule has 3 rings (SSSR count). The van der Waals surface area contributed by atoms with Gasteiger partial charge in [-0.25, -0.2) is 4.98 Å². The molecular formula is C14H13N3O2. The van der Waals surface area contributed by atoms with Crippen molar-refractivity contribution in [1.82, 2.24) is 9.55 Å². The average molecular weight is 255 g/mol. The van der Waals surface area contributed by atoms with Crippen LogP contribution < -0.4 is 9.47 Å². The van der Waals surface area contributed by atoms with E-state index in [0.29, 0.717) is 24.7 Å². The molecule has 1 aromatic heterocycles. The van der Waals surface area contributed by atoms with E-state index >= 15 is 0 Å². The summed E-state index contributed by atoms with van der Waals surface area (Å²) in [5.74, 6) is 2.26. The summed E-state index contributed by atoms with van der Waals surface area (Å²) in [6.45, 7) is 2.99. The fourth-order valence-corrected chi connectivity index (χ4v) is 2.21. The number of hydrogen-bond acceptors (Lipinski definition) is 4. The lowest BCUT2D eigenvalue weighted by molar-refractivity contribution is 0.171. The third-order valence-electron chi connectivity index (χ3n) is 3.24. The lowest BCUT2D eigenvalue weighted by Gasteiger charge is -2.19. The molecule has 0 bridgehead atoms. The Bertz CT molecular complexity index is 683. The summed E-state index contributed by atoms with van der Waals surface area (Å²) in [4.78, 5) is 4.25. The van der Waals surface area contributed by atoms with E-state index in [0.717, 1.165) is 22.8 Å². The fraction of sp³-hybridized carbons (Fsp3) is 0.286. The Morgan fingerprint density at radius 3 is 2.74 bits per heavy atom. The van der Waals surface area contributed by atoms with Gasteiger partial charge in [-0.05, 0) is 25.1 Å². The first kappa shape index (κ1) is 11.6. The Morgan fingerprint density at radius 1 is 1.26 bits per heavy atom. The highest BCUT2D eigenvalue weighted by Crippen LogP contribution is 2.35. The van der Waals surface area contributed by atoms with E-state index in [2.05, 4.69) is 11.1 Å². The first-order valence-corrected chi connectivity index (χ1v) is 6.04. The molecule has 0 unspecified atom stereocenters. The number of ether oxygens (including phenoxy) is 2. The molecule has 0 N–H and O–H groups in total. The van der Waals surface area contributed by atoms with Crippen LogP contribution in [0.2, 0.25) is 0 Å². The van der Waals surface area contributed by atoms with Crippen molar-refractivity contribution >= 4 is 0 Å². The van der Waals surface area contributed by atoms with Crippen LogP contribution in [0.15, 0.2) is 18.2 Å². The highest BCUT2D eigenvalue weighted by Gasteiger charge is 2.17. The maximum Gasteiger partial charge on any atom is 0.166 e. The lowest BCUT2D eigenvalue weighted by Crippen LogP contribution is -2.15. The van der Waals surface area contributed by atoms with Crippen LogP contribution in [0.1, 0.15) is 11.5 Å². The number of hydrogen-bond donors (Lipinski definition) is 0. The molecule has 0 fully saturated rings. The summed E-state index contributed by atoms with van der Waals surface area (Å²) in [6.07, 6.45) is 0. The SMILES string of the molecule is Cc1nc(C#N)c(-c2ccc3c(c2)OCCO3)n1C. The normalized spacial score (nSPS) is 13.1. The van der Waals surface area contributed by atoms with Crippen molar-refractivity contribution in [2.24, 2.45) is 7.05 Å². The summed E-state index contributed by atoms with van der Waals surface area (Å²) in [7, 11) is 1.90. The van der Waals surface area contributed by atoms with Crippen molar-refractivity contribution < 1.29 is 9.47 Å². The van der Waals surface area contributed by atoms with Crippen molar-refractivity contribution in [2.45, 2.75) is 6.92 Å². The maximum atomic E-state index is 9.17. The standard InChI is InChI=1S/C14H13N3O2/c1-9-16-11(8-15)14(17(9)2)10-3-4-12-13(7-10)19-6-5-18-12/h3-4,7H,5-6H2,1-2H3. The Labute approximate surface area is 111 Å². The van der Waals surface area contributed by atoms with Crippen LogP contribution >= 0.6 is 0 Å². The molecule has 1 aliphatic rings. The zero-order chi connectivity index (χ0) is 13.4. The minimum atomic E-state index is 0.427. The summed E-state index contributed by atoms with van der Waals surface area (Å²) < 4.78 is 13.0. The van der Waals surface area contributed by atoms with Gasteiger partial charge in [0.2, 0.25) is 0 Å². The van der Waals surface area contributed by atoms with Crippen molar-refractivity contribution in [1.29, 1.82) is 5.26 Å². The van der Waals surface area contributed by atoms with E-state index in [-0.39, 0.29) is 0 Å². The van der Waals surface area contributed by atoms with Crippen LogP contribution in [0, 0.1) is 18.3 Å². The number of imidazole rings is 1. The topological polar surface area (TPSA) is 60.1 Å². The largest absolute Gasteiger partial charge is 0.486 e. The molecule has 5 heteroatoms. The molecule has 0 saturated carbocycles. The third kappa shape index (κ3) is 1.82. The van der Waals surface area contributed by atoms with Crippen LogP contribution in [0.4, 0.5) is 0 Å². The minimum absolute atomic E-state index is 0.427. The smallest absolute Gasteiger partial charge is 0.166 e. The molecule has 96 valence electrons. The number of aryl methyl sites for hydroxylation is 1. The molecule has 0 amide bonds. The first-order chi connectivity index (χ1) is 9.20. The van der Waals surface area contributed by atoms with E-state index in [1.54, 1.807) is 0 Å². The van der Waals surface area contributed by atoms with Gasteiger partial charge < -0.3 is 14.0 Å². The summed E-state index contributed by atoms with van der Waals surface area (Å²) >= 11 is 0. The van der Waals surface area contributed by atoms with Gasteiger partial charge in [0.1, 0.15) is 25.1 Å². The second-order valence-electron chi connectivity index (χ2n) is 4.39. The Morgan fingerprint density at radius 2 is 2.00 bits per heavy atom. The van der Waals surface area contributed by atoms with Gasteiger partial charge >= 0.3 is 0 Å². The Kier molecular flexibility index (Phi) is 2.64. The van der Waals surface area contributed by atoms with Gasteiger partial charge in [0.15, 0.2) is 17.2 Å². The number of fused-ring (bicyclic) bond motifs is 1. The van der Waals surface area contributed by atoms with E-state index in [1.165, 1.54) is 0 Å². The molecule has 19 heavy (non-hydrogen) atoms. The Hall–Kier alpha value is -2.48. The van der Waals surface area contributed by atoms with E-state index in [9.17, 15) is 5.26 Å². The number of rotatable bonds is 1. The third-order valence-corrected chi connectivity index (χ3v) is 3.24. The number of aromatic nitrogens is 2. The summed E-state index contributed by atoms with van der Waals surface area (Å²) in [5, 5.41) is 9.17. The van der Waals surface area contributed by atoms with Crippen molar-refractivity contribution in [3.8, 4) is 28.8 Å². The number of benzene rings is 1.